The van der Waals surface area contributed by atoms with Crippen LogP contribution in [-0.2, 0) is 20.6 Å². The van der Waals surface area contributed by atoms with Crippen molar-refractivity contribution in [2.75, 3.05) is 19.6 Å². The Hall–Kier alpha value is -1.68. The number of nitrogens with zero attached hydrogens (tertiary/aromatic N) is 1. The lowest BCUT2D eigenvalue weighted by Gasteiger charge is -2.30. The lowest BCUT2D eigenvalue weighted by Crippen LogP contribution is -2.44. The number of amides is 1. The van der Waals surface area contributed by atoms with Crippen molar-refractivity contribution in [2.45, 2.75) is 24.8 Å². The number of piperidine rings is 1. The van der Waals surface area contributed by atoms with Crippen molar-refractivity contribution in [3.8, 4) is 0 Å². The van der Waals surface area contributed by atoms with Gasteiger partial charge in [0.05, 0.1) is 5.75 Å². The summed E-state index contributed by atoms with van der Waals surface area (Å²) >= 11 is 0. The standard InChI is InChI=1S/C15H18F4N2O3S/c16-13-3-1-2-11(8-13)9-25(23,24)21-6-4-12(5-7-21)14(22)20-10-15(17,18)19/h1-3,8,12H,4-7,9-10H2,(H,20,22). The van der Waals surface area contributed by atoms with Crippen molar-refractivity contribution in [1.29, 1.82) is 0 Å². The quantitative estimate of drug-likeness (QED) is 0.793. The van der Waals surface area contributed by atoms with E-state index in [0.29, 0.717) is 5.56 Å². The number of hydrogen-bond acceptors (Lipinski definition) is 3. The Bertz CT molecular complexity index is 714. The SMILES string of the molecule is O=C(NCC(F)(F)F)C1CCN(S(=O)(=O)Cc2cccc(F)c2)CC1. The van der Waals surface area contributed by atoms with Gasteiger partial charge in [0.25, 0.3) is 0 Å². The fourth-order valence-electron chi connectivity index (χ4n) is 2.66. The number of carbonyl (C=O) groups is 1. The van der Waals surface area contributed by atoms with Crippen LogP contribution in [0.5, 0.6) is 0 Å². The Morgan fingerprint density at radius 1 is 1.24 bits per heavy atom. The summed E-state index contributed by atoms with van der Waals surface area (Å²) in [5.74, 6) is -2.27. The number of hydrogen-bond donors (Lipinski definition) is 1. The van der Waals surface area contributed by atoms with Gasteiger partial charge in [-0.25, -0.2) is 17.1 Å². The normalized spacial score (nSPS) is 17.4. The van der Waals surface area contributed by atoms with Crippen molar-refractivity contribution in [2.24, 2.45) is 5.92 Å². The van der Waals surface area contributed by atoms with Crippen LogP contribution < -0.4 is 5.32 Å². The summed E-state index contributed by atoms with van der Waals surface area (Å²) in [6, 6.07) is 5.26. The first-order valence-electron chi connectivity index (χ1n) is 7.63. The van der Waals surface area contributed by atoms with Crippen molar-refractivity contribution >= 4 is 15.9 Å². The van der Waals surface area contributed by atoms with Crippen molar-refractivity contribution in [1.82, 2.24) is 9.62 Å². The molecular weight excluding hydrogens is 364 g/mol. The van der Waals surface area contributed by atoms with Crippen LogP contribution in [0.3, 0.4) is 0 Å². The van der Waals surface area contributed by atoms with Crippen LogP contribution in [0, 0.1) is 11.7 Å². The van der Waals surface area contributed by atoms with Crippen LogP contribution in [0.25, 0.3) is 0 Å². The van der Waals surface area contributed by atoms with Gasteiger partial charge in [0.1, 0.15) is 12.4 Å². The number of carbonyl (C=O) groups excluding carboxylic acids is 1. The smallest absolute Gasteiger partial charge is 0.347 e. The number of alkyl halides is 3. The van der Waals surface area contributed by atoms with E-state index in [1.165, 1.54) is 22.5 Å². The lowest BCUT2D eigenvalue weighted by atomic mass is 9.97. The average Bonchev–Trinajstić information content (AvgIpc) is 2.51. The van der Waals surface area contributed by atoms with Crippen LogP contribution in [-0.4, -0.2) is 44.4 Å². The number of sulfonamides is 1. The summed E-state index contributed by atoms with van der Waals surface area (Å²) in [6.45, 7) is -1.31. The second kappa shape index (κ2) is 7.69. The summed E-state index contributed by atoms with van der Waals surface area (Å²) in [5, 5.41) is 1.82. The molecule has 0 saturated carbocycles. The van der Waals surface area contributed by atoms with Gasteiger partial charge in [-0.2, -0.15) is 13.2 Å². The zero-order valence-electron chi connectivity index (χ0n) is 13.2. The molecule has 1 aliphatic rings. The molecule has 2 rings (SSSR count). The monoisotopic (exact) mass is 382 g/mol. The molecule has 1 N–H and O–H groups in total. The number of benzene rings is 1. The largest absolute Gasteiger partial charge is 0.405 e. The number of halogens is 4. The minimum absolute atomic E-state index is 0.0434. The van der Waals surface area contributed by atoms with Gasteiger partial charge in [0, 0.05) is 19.0 Å². The van der Waals surface area contributed by atoms with Crippen LogP contribution in [0.15, 0.2) is 24.3 Å². The van der Waals surface area contributed by atoms with Crippen LogP contribution in [0.2, 0.25) is 0 Å². The molecule has 1 saturated heterocycles. The fraction of sp³-hybridized carbons (Fsp3) is 0.533. The summed E-state index contributed by atoms with van der Waals surface area (Å²) in [6.07, 6.45) is -4.19. The molecule has 1 aliphatic heterocycles. The second-order valence-electron chi connectivity index (χ2n) is 5.89. The molecule has 0 aromatic heterocycles. The highest BCUT2D eigenvalue weighted by Crippen LogP contribution is 2.22. The molecule has 10 heteroatoms. The zero-order chi connectivity index (χ0) is 18.7. The Morgan fingerprint density at radius 3 is 2.44 bits per heavy atom. The fourth-order valence-corrected chi connectivity index (χ4v) is 4.21. The van der Waals surface area contributed by atoms with E-state index in [0.717, 1.165) is 6.07 Å². The van der Waals surface area contributed by atoms with E-state index < -0.39 is 40.4 Å². The van der Waals surface area contributed by atoms with Gasteiger partial charge in [-0.15, -0.1) is 0 Å². The Morgan fingerprint density at radius 2 is 1.88 bits per heavy atom. The van der Waals surface area contributed by atoms with Crippen molar-refractivity contribution in [3.63, 3.8) is 0 Å². The molecule has 0 aliphatic carbocycles. The van der Waals surface area contributed by atoms with E-state index in [1.807, 2.05) is 5.32 Å². The van der Waals surface area contributed by atoms with E-state index in [1.54, 1.807) is 0 Å². The summed E-state index contributed by atoms with van der Waals surface area (Å²) in [7, 11) is -3.68. The molecule has 0 spiro atoms. The molecule has 1 heterocycles. The zero-order valence-corrected chi connectivity index (χ0v) is 14.0. The Kier molecular flexibility index (Phi) is 6.04. The molecular formula is C15H18F4N2O3S. The Balaban J connectivity index is 1.89. The highest BCUT2D eigenvalue weighted by atomic mass is 32.2. The first-order valence-corrected chi connectivity index (χ1v) is 9.24. The van der Waals surface area contributed by atoms with Gasteiger partial charge in [-0.3, -0.25) is 4.79 Å². The van der Waals surface area contributed by atoms with E-state index in [-0.39, 0.29) is 31.7 Å². The van der Waals surface area contributed by atoms with Gasteiger partial charge in [0.2, 0.25) is 15.9 Å². The third-order valence-electron chi connectivity index (χ3n) is 3.92. The minimum atomic E-state index is -4.48. The van der Waals surface area contributed by atoms with Crippen molar-refractivity contribution in [3.05, 3.63) is 35.6 Å². The molecule has 1 aromatic rings. The Labute approximate surface area is 143 Å². The van der Waals surface area contributed by atoms with Gasteiger partial charge < -0.3 is 5.32 Å². The topological polar surface area (TPSA) is 66.5 Å². The van der Waals surface area contributed by atoms with Crippen molar-refractivity contribution < 1.29 is 30.8 Å². The number of rotatable bonds is 5. The molecule has 0 radical (unpaired) electrons. The average molecular weight is 382 g/mol. The summed E-state index contributed by atoms with van der Waals surface area (Å²) in [4.78, 5) is 11.7. The van der Waals surface area contributed by atoms with Gasteiger partial charge in [-0.05, 0) is 30.5 Å². The van der Waals surface area contributed by atoms with Crippen LogP contribution >= 0.6 is 0 Å². The van der Waals surface area contributed by atoms with Crippen LogP contribution in [0.1, 0.15) is 18.4 Å². The second-order valence-corrected chi connectivity index (χ2v) is 7.86. The maximum atomic E-state index is 13.1. The predicted octanol–water partition coefficient (Wildman–Crippen LogP) is 2.05. The molecule has 0 unspecified atom stereocenters. The van der Waals surface area contributed by atoms with Gasteiger partial charge >= 0.3 is 6.18 Å². The molecule has 140 valence electrons. The highest BCUT2D eigenvalue weighted by molar-refractivity contribution is 7.88. The van der Waals surface area contributed by atoms with Crippen LogP contribution in [0.4, 0.5) is 17.6 Å². The summed E-state index contributed by atoms with van der Waals surface area (Å²) < 4.78 is 75.4. The summed E-state index contributed by atoms with van der Waals surface area (Å²) in [5.41, 5.74) is 0.310. The molecule has 0 bridgehead atoms. The number of nitrogens with one attached hydrogen (secondary N) is 1. The first kappa shape index (κ1) is 19.6. The predicted molar refractivity (Wildman–Crippen MR) is 82.4 cm³/mol. The highest BCUT2D eigenvalue weighted by Gasteiger charge is 2.33. The van der Waals surface area contributed by atoms with E-state index >= 15 is 0 Å². The van der Waals surface area contributed by atoms with Gasteiger partial charge in [-0.1, -0.05) is 12.1 Å². The van der Waals surface area contributed by atoms with E-state index in [4.69, 9.17) is 0 Å². The maximum Gasteiger partial charge on any atom is 0.405 e. The third kappa shape index (κ3) is 5.96. The minimum Gasteiger partial charge on any atom is -0.347 e. The molecule has 1 aromatic carbocycles. The van der Waals surface area contributed by atoms with E-state index in [9.17, 15) is 30.8 Å². The molecule has 0 atom stereocenters. The van der Waals surface area contributed by atoms with Gasteiger partial charge in [0.15, 0.2) is 0 Å². The molecule has 5 nitrogen and oxygen atoms in total. The first-order chi connectivity index (χ1) is 11.6. The van der Waals surface area contributed by atoms with E-state index in [2.05, 4.69) is 0 Å². The maximum absolute atomic E-state index is 13.1. The molecule has 25 heavy (non-hydrogen) atoms. The lowest BCUT2D eigenvalue weighted by molar-refractivity contribution is -0.141. The molecule has 1 amide bonds. The molecule has 1 fully saturated rings. The third-order valence-corrected chi connectivity index (χ3v) is 5.77.